The Morgan fingerprint density at radius 1 is 1.14 bits per heavy atom. The molecule has 0 aliphatic rings. The van der Waals surface area contributed by atoms with E-state index in [-0.39, 0.29) is 5.82 Å². The molecule has 3 heteroatoms. The van der Waals surface area contributed by atoms with Crippen LogP contribution in [-0.4, -0.2) is 38.4 Å². The first-order chi connectivity index (χ1) is 6.76. The zero-order valence-corrected chi connectivity index (χ0v) is 10.4. The van der Waals surface area contributed by atoms with Crippen molar-refractivity contribution in [3.05, 3.63) is 30.1 Å². The molecule has 1 aromatic rings. The van der Waals surface area contributed by atoms with E-state index in [1.165, 1.54) is 4.46 Å². The molecule has 0 aromatic heterocycles. The van der Waals surface area contributed by atoms with E-state index in [0.717, 1.165) is 18.5 Å². The SMILES string of the molecule is CCN(CC)C[Se]c1ccc(F)cc1. The number of halogens is 1. The number of rotatable bonds is 5. The quantitative estimate of drug-likeness (QED) is 0.724. The Hall–Kier alpha value is -0.371. The van der Waals surface area contributed by atoms with Crippen LogP contribution in [0.15, 0.2) is 24.3 Å². The summed E-state index contributed by atoms with van der Waals surface area (Å²) in [7, 11) is 0. The molecule has 0 saturated heterocycles. The van der Waals surface area contributed by atoms with Gasteiger partial charge in [-0.1, -0.05) is 0 Å². The predicted molar refractivity (Wildman–Crippen MR) is 59.6 cm³/mol. The van der Waals surface area contributed by atoms with E-state index in [2.05, 4.69) is 18.7 Å². The third-order valence-corrected chi connectivity index (χ3v) is 4.43. The monoisotopic (exact) mass is 261 g/mol. The van der Waals surface area contributed by atoms with Gasteiger partial charge in [-0.15, -0.1) is 0 Å². The zero-order valence-electron chi connectivity index (χ0n) is 8.66. The van der Waals surface area contributed by atoms with Gasteiger partial charge in [0.2, 0.25) is 0 Å². The molecule has 1 nitrogen and oxygen atoms in total. The average molecular weight is 260 g/mol. The van der Waals surface area contributed by atoms with Gasteiger partial charge in [-0.05, 0) is 0 Å². The summed E-state index contributed by atoms with van der Waals surface area (Å²) in [5, 5.41) is 0. The van der Waals surface area contributed by atoms with Crippen LogP contribution < -0.4 is 4.46 Å². The Morgan fingerprint density at radius 3 is 2.21 bits per heavy atom. The standard InChI is InChI=1S/C11H16FNSe/c1-3-13(4-2)9-14-11-7-5-10(12)6-8-11/h5-8H,3-4,9H2,1-2H3. The molecule has 0 atom stereocenters. The fourth-order valence-electron chi connectivity index (χ4n) is 1.10. The van der Waals surface area contributed by atoms with Crippen LogP contribution in [0.3, 0.4) is 0 Å². The predicted octanol–water partition coefficient (Wildman–Crippen LogP) is 1.45. The Bertz CT molecular complexity index is 256. The zero-order chi connectivity index (χ0) is 10.4. The van der Waals surface area contributed by atoms with Gasteiger partial charge in [0, 0.05) is 0 Å². The van der Waals surface area contributed by atoms with Crippen molar-refractivity contribution < 1.29 is 4.39 Å². The molecular formula is C11H16FNSe. The summed E-state index contributed by atoms with van der Waals surface area (Å²) in [6.07, 6.45) is 0. The van der Waals surface area contributed by atoms with Crippen molar-refractivity contribution in [3.63, 3.8) is 0 Å². The van der Waals surface area contributed by atoms with E-state index in [0.29, 0.717) is 15.0 Å². The Balaban J connectivity index is 2.41. The van der Waals surface area contributed by atoms with Crippen LogP contribution in [0.1, 0.15) is 13.8 Å². The maximum absolute atomic E-state index is 12.6. The van der Waals surface area contributed by atoms with Crippen molar-refractivity contribution in [2.75, 3.05) is 18.5 Å². The number of hydrogen-bond donors (Lipinski definition) is 0. The Kier molecular flexibility index (Phi) is 5.16. The van der Waals surface area contributed by atoms with Crippen molar-refractivity contribution in [2.45, 2.75) is 13.8 Å². The van der Waals surface area contributed by atoms with Crippen molar-refractivity contribution in [3.8, 4) is 0 Å². The summed E-state index contributed by atoms with van der Waals surface area (Å²) in [5.41, 5.74) is 1.12. The summed E-state index contributed by atoms with van der Waals surface area (Å²) < 4.78 is 13.9. The molecule has 0 aliphatic heterocycles. The molecule has 0 saturated carbocycles. The van der Waals surface area contributed by atoms with Gasteiger partial charge in [0.05, 0.1) is 0 Å². The van der Waals surface area contributed by atoms with Gasteiger partial charge in [0.15, 0.2) is 0 Å². The van der Waals surface area contributed by atoms with Gasteiger partial charge < -0.3 is 0 Å². The minimum atomic E-state index is -0.146. The van der Waals surface area contributed by atoms with Crippen LogP contribution >= 0.6 is 0 Å². The van der Waals surface area contributed by atoms with E-state index in [4.69, 9.17) is 0 Å². The van der Waals surface area contributed by atoms with Gasteiger partial charge in [0.25, 0.3) is 0 Å². The molecule has 0 unspecified atom stereocenters. The van der Waals surface area contributed by atoms with Crippen LogP contribution in [0, 0.1) is 5.82 Å². The van der Waals surface area contributed by atoms with Crippen molar-refractivity contribution in [1.29, 1.82) is 0 Å². The summed E-state index contributed by atoms with van der Waals surface area (Å²) in [5.74, 6) is -0.146. The minimum absolute atomic E-state index is 0.146. The molecule has 78 valence electrons. The molecule has 1 aromatic carbocycles. The molecule has 0 spiro atoms. The maximum atomic E-state index is 12.6. The van der Waals surface area contributed by atoms with Crippen molar-refractivity contribution >= 4 is 19.4 Å². The molecule has 0 bridgehead atoms. The van der Waals surface area contributed by atoms with E-state index in [1.807, 2.05) is 12.1 Å². The third kappa shape index (κ3) is 3.79. The van der Waals surface area contributed by atoms with Gasteiger partial charge in [-0.3, -0.25) is 0 Å². The average Bonchev–Trinajstić information content (AvgIpc) is 2.22. The second kappa shape index (κ2) is 6.18. The van der Waals surface area contributed by atoms with Crippen LogP contribution in [0.5, 0.6) is 0 Å². The van der Waals surface area contributed by atoms with Gasteiger partial charge >= 0.3 is 91.2 Å². The molecular weight excluding hydrogens is 244 g/mol. The molecule has 0 aliphatic carbocycles. The van der Waals surface area contributed by atoms with Gasteiger partial charge in [-0.25, -0.2) is 0 Å². The summed E-state index contributed by atoms with van der Waals surface area (Å²) >= 11 is 0.444. The number of nitrogens with zero attached hydrogens (tertiary/aromatic N) is 1. The topological polar surface area (TPSA) is 3.24 Å². The van der Waals surface area contributed by atoms with E-state index in [1.54, 1.807) is 12.1 Å². The first kappa shape index (κ1) is 11.7. The van der Waals surface area contributed by atoms with Crippen LogP contribution in [-0.2, 0) is 0 Å². The normalized spacial score (nSPS) is 10.9. The van der Waals surface area contributed by atoms with Crippen LogP contribution in [0.25, 0.3) is 0 Å². The van der Waals surface area contributed by atoms with E-state index < -0.39 is 0 Å². The molecule has 0 fully saturated rings. The molecule has 0 amide bonds. The third-order valence-electron chi connectivity index (χ3n) is 2.12. The number of benzene rings is 1. The molecule has 14 heavy (non-hydrogen) atoms. The number of hydrogen-bond acceptors (Lipinski definition) is 1. The molecule has 0 heterocycles. The Labute approximate surface area is 91.5 Å². The fourth-order valence-corrected chi connectivity index (χ4v) is 3.25. The molecule has 0 N–H and O–H groups in total. The first-order valence-corrected chi connectivity index (χ1v) is 6.93. The van der Waals surface area contributed by atoms with Crippen molar-refractivity contribution in [2.24, 2.45) is 0 Å². The summed E-state index contributed by atoms with van der Waals surface area (Å²) in [4.78, 5) is 2.39. The van der Waals surface area contributed by atoms with Gasteiger partial charge in [-0.2, -0.15) is 0 Å². The second-order valence-corrected chi connectivity index (χ2v) is 5.17. The van der Waals surface area contributed by atoms with E-state index >= 15 is 0 Å². The van der Waals surface area contributed by atoms with E-state index in [9.17, 15) is 4.39 Å². The second-order valence-electron chi connectivity index (χ2n) is 3.03. The van der Waals surface area contributed by atoms with Crippen molar-refractivity contribution in [1.82, 2.24) is 4.90 Å². The molecule has 1 rings (SSSR count). The Morgan fingerprint density at radius 2 is 1.71 bits per heavy atom. The fraction of sp³-hybridized carbons (Fsp3) is 0.455. The van der Waals surface area contributed by atoms with Gasteiger partial charge in [0.1, 0.15) is 0 Å². The summed E-state index contributed by atoms with van der Waals surface area (Å²) in [6, 6.07) is 6.86. The van der Waals surface area contributed by atoms with Crippen LogP contribution in [0.2, 0.25) is 0 Å². The first-order valence-electron chi connectivity index (χ1n) is 4.87. The van der Waals surface area contributed by atoms with Crippen LogP contribution in [0.4, 0.5) is 4.39 Å². The molecule has 0 radical (unpaired) electrons. The summed E-state index contributed by atoms with van der Waals surface area (Å²) in [6.45, 7) is 6.54.